The van der Waals surface area contributed by atoms with Crippen LogP contribution in [0.1, 0.15) is 115 Å². The van der Waals surface area contributed by atoms with E-state index in [9.17, 15) is 0 Å². The standard InChI is InChI=1S/C37H52S2/c1-3-5-7-9-11-12-14-16-30-38-36-26-22-34(23-27-36)35-24-28-37(29-25-35)39-31-33-20-18-32(19-21-33)17-15-13-10-8-6-4-2/h18-29H,3-17,30-31H2,1-2H3. The summed E-state index contributed by atoms with van der Waals surface area (Å²) in [5, 5.41) is 0. The van der Waals surface area contributed by atoms with Crippen LogP contribution < -0.4 is 0 Å². The van der Waals surface area contributed by atoms with Crippen molar-refractivity contribution in [3.05, 3.63) is 83.9 Å². The molecule has 0 saturated heterocycles. The van der Waals surface area contributed by atoms with E-state index >= 15 is 0 Å². The second-order valence-corrected chi connectivity index (χ2v) is 13.2. The lowest BCUT2D eigenvalue weighted by Crippen LogP contribution is -1.88. The highest BCUT2D eigenvalue weighted by Crippen LogP contribution is 2.29. The molecule has 39 heavy (non-hydrogen) atoms. The van der Waals surface area contributed by atoms with Crippen LogP contribution in [0.25, 0.3) is 11.1 Å². The number of aryl methyl sites for hydroxylation is 1. The first-order valence-electron chi connectivity index (χ1n) is 15.8. The summed E-state index contributed by atoms with van der Waals surface area (Å²) in [6.45, 7) is 4.57. The maximum absolute atomic E-state index is 2.34. The first kappa shape index (κ1) is 31.9. The van der Waals surface area contributed by atoms with Crippen LogP contribution in [-0.4, -0.2) is 5.75 Å². The van der Waals surface area contributed by atoms with Gasteiger partial charge in [-0.15, -0.1) is 23.5 Å². The third-order valence-electron chi connectivity index (χ3n) is 7.56. The average Bonchev–Trinajstić information content (AvgIpc) is 2.98. The van der Waals surface area contributed by atoms with Crippen molar-refractivity contribution in [2.45, 2.75) is 126 Å². The Morgan fingerprint density at radius 2 is 0.846 bits per heavy atom. The summed E-state index contributed by atoms with van der Waals surface area (Å²) < 4.78 is 0. The van der Waals surface area contributed by atoms with Gasteiger partial charge >= 0.3 is 0 Å². The van der Waals surface area contributed by atoms with Gasteiger partial charge in [0.2, 0.25) is 0 Å². The lowest BCUT2D eigenvalue weighted by molar-refractivity contribution is 0.586. The molecule has 0 radical (unpaired) electrons. The maximum Gasteiger partial charge on any atom is 0.0231 e. The zero-order chi connectivity index (χ0) is 27.4. The summed E-state index contributed by atoms with van der Waals surface area (Å²) in [6, 6.07) is 27.6. The van der Waals surface area contributed by atoms with E-state index in [1.807, 2.05) is 23.5 Å². The van der Waals surface area contributed by atoms with E-state index in [-0.39, 0.29) is 0 Å². The Bertz CT molecular complexity index is 989. The number of thioether (sulfide) groups is 2. The Balaban J connectivity index is 1.32. The second-order valence-electron chi connectivity index (χ2n) is 11.0. The fourth-order valence-electron chi connectivity index (χ4n) is 4.99. The van der Waals surface area contributed by atoms with Crippen LogP contribution in [0.4, 0.5) is 0 Å². The largest absolute Gasteiger partial charge is 0.126 e. The second kappa shape index (κ2) is 20.3. The van der Waals surface area contributed by atoms with Crippen LogP contribution in [0, 0.1) is 0 Å². The van der Waals surface area contributed by atoms with Crippen molar-refractivity contribution in [1.29, 1.82) is 0 Å². The molecule has 0 amide bonds. The van der Waals surface area contributed by atoms with Crippen LogP contribution in [0.2, 0.25) is 0 Å². The third kappa shape index (κ3) is 13.5. The molecular formula is C37H52S2. The minimum absolute atomic E-state index is 1.03. The predicted octanol–water partition coefficient (Wildman–Crippen LogP) is 12.8. The van der Waals surface area contributed by atoms with E-state index in [4.69, 9.17) is 0 Å². The molecule has 0 N–H and O–H groups in total. The van der Waals surface area contributed by atoms with Crippen molar-refractivity contribution >= 4 is 23.5 Å². The SMILES string of the molecule is CCCCCCCCCCSc1ccc(-c2ccc(SCc3ccc(CCCCCCCC)cc3)cc2)cc1. The summed E-state index contributed by atoms with van der Waals surface area (Å²) >= 11 is 3.94. The molecule has 0 atom stereocenters. The zero-order valence-corrected chi connectivity index (χ0v) is 26.4. The van der Waals surface area contributed by atoms with Crippen molar-refractivity contribution < 1.29 is 0 Å². The van der Waals surface area contributed by atoms with E-state index < -0.39 is 0 Å². The molecular weight excluding hydrogens is 509 g/mol. The van der Waals surface area contributed by atoms with Gasteiger partial charge in [-0.05, 0) is 71.5 Å². The Labute approximate surface area is 249 Å². The van der Waals surface area contributed by atoms with Gasteiger partial charge in [0.25, 0.3) is 0 Å². The molecule has 0 fully saturated rings. The number of hydrogen-bond donors (Lipinski definition) is 0. The molecule has 2 heteroatoms. The third-order valence-corrected chi connectivity index (χ3v) is 9.74. The molecule has 3 rings (SSSR count). The molecule has 0 heterocycles. The van der Waals surface area contributed by atoms with Gasteiger partial charge in [0, 0.05) is 15.5 Å². The van der Waals surface area contributed by atoms with Gasteiger partial charge in [0.15, 0.2) is 0 Å². The predicted molar refractivity (Wildman–Crippen MR) is 178 cm³/mol. The van der Waals surface area contributed by atoms with Crippen LogP contribution in [0.3, 0.4) is 0 Å². The molecule has 0 saturated carbocycles. The molecule has 0 aliphatic heterocycles. The van der Waals surface area contributed by atoms with Crippen molar-refractivity contribution in [1.82, 2.24) is 0 Å². The molecule has 0 aliphatic rings. The van der Waals surface area contributed by atoms with Crippen molar-refractivity contribution in [3.8, 4) is 11.1 Å². The summed E-state index contributed by atoms with van der Waals surface area (Å²) in [5.41, 5.74) is 5.51. The Kier molecular flexibility index (Phi) is 16.6. The smallest absolute Gasteiger partial charge is 0.0231 e. The summed E-state index contributed by atoms with van der Waals surface area (Å²) in [4.78, 5) is 2.74. The van der Waals surface area contributed by atoms with E-state index in [1.54, 1.807) is 0 Å². The number of rotatable bonds is 21. The average molecular weight is 561 g/mol. The van der Waals surface area contributed by atoms with Crippen LogP contribution >= 0.6 is 23.5 Å². The Hall–Kier alpha value is -1.64. The van der Waals surface area contributed by atoms with Gasteiger partial charge < -0.3 is 0 Å². The van der Waals surface area contributed by atoms with E-state index in [0.717, 1.165) is 5.75 Å². The van der Waals surface area contributed by atoms with Gasteiger partial charge in [0.1, 0.15) is 0 Å². The van der Waals surface area contributed by atoms with E-state index in [2.05, 4.69) is 86.6 Å². The maximum atomic E-state index is 2.34. The molecule has 3 aromatic rings. The first-order chi connectivity index (χ1) is 19.3. The summed E-state index contributed by atoms with van der Waals surface area (Å²) in [6.07, 6.45) is 20.6. The fraction of sp³-hybridized carbons (Fsp3) is 0.514. The van der Waals surface area contributed by atoms with Gasteiger partial charge in [-0.2, -0.15) is 0 Å². The fourth-order valence-corrected chi connectivity index (χ4v) is 6.76. The minimum Gasteiger partial charge on any atom is -0.126 e. The highest BCUT2D eigenvalue weighted by molar-refractivity contribution is 7.99. The highest BCUT2D eigenvalue weighted by atomic mass is 32.2. The number of unbranched alkanes of at least 4 members (excludes halogenated alkanes) is 12. The van der Waals surface area contributed by atoms with Crippen LogP contribution in [-0.2, 0) is 12.2 Å². The summed E-state index contributed by atoms with van der Waals surface area (Å²) in [7, 11) is 0. The van der Waals surface area contributed by atoms with Gasteiger partial charge in [-0.1, -0.05) is 139 Å². The quantitative estimate of drug-likeness (QED) is 0.0938. The van der Waals surface area contributed by atoms with E-state index in [0.29, 0.717) is 0 Å². The minimum atomic E-state index is 1.03. The number of hydrogen-bond acceptors (Lipinski definition) is 2. The van der Waals surface area contributed by atoms with Crippen molar-refractivity contribution in [2.24, 2.45) is 0 Å². The Morgan fingerprint density at radius 1 is 0.410 bits per heavy atom. The highest BCUT2D eigenvalue weighted by Gasteiger charge is 2.02. The lowest BCUT2D eigenvalue weighted by Gasteiger charge is -2.07. The van der Waals surface area contributed by atoms with Crippen molar-refractivity contribution in [2.75, 3.05) is 5.75 Å². The molecule has 0 nitrogen and oxygen atoms in total. The lowest BCUT2D eigenvalue weighted by atomic mass is 10.0. The first-order valence-corrected chi connectivity index (χ1v) is 17.8. The van der Waals surface area contributed by atoms with Gasteiger partial charge in [0.05, 0.1) is 0 Å². The molecule has 0 spiro atoms. The molecule has 0 aromatic heterocycles. The van der Waals surface area contributed by atoms with Crippen molar-refractivity contribution in [3.63, 3.8) is 0 Å². The topological polar surface area (TPSA) is 0 Å². The normalized spacial score (nSPS) is 11.2. The molecule has 3 aromatic carbocycles. The molecule has 0 aliphatic carbocycles. The molecule has 212 valence electrons. The number of benzene rings is 3. The van der Waals surface area contributed by atoms with Crippen LogP contribution in [0.15, 0.2) is 82.6 Å². The zero-order valence-electron chi connectivity index (χ0n) is 24.8. The van der Waals surface area contributed by atoms with E-state index in [1.165, 1.54) is 134 Å². The van der Waals surface area contributed by atoms with Gasteiger partial charge in [-0.25, -0.2) is 0 Å². The van der Waals surface area contributed by atoms with Crippen LogP contribution in [0.5, 0.6) is 0 Å². The Morgan fingerprint density at radius 3 is 1.38 bits per heavy atom. The molecule has 0 unspecified atom stereocenters. The van der Waals surface area contributed by atoms with Gasteiger partial charge in [-0.3, -0.25) is 0 Å². The molecule has 0 bridgehead atoms. The summed E-state index contributed by atoms with van der Waals surface area (Å²) in [5.74, 6) is 2.27. The monoisotopic (exact) mass is 560 g/mol.